The van der Waals surface area contributed by atoms with E-state index in [1.807, 2.05) is 6.92 Å². The monoisotopic (exact) mass is 282 g/mol. The Kier molecular flexibility index (Phi) is 3.88. The standard InChI is InChI=1S/C10H14N6O2S/c1-7-2-3-9(4-8(7)5-11)19(17,18)12-6-10-13-15-16-14-10/h2-4,12H,5-6,11H2,1H3,(H,13,14,15,16). The summed E-state index contributed by atoms with van der Waals surface area (Å²) in [7, 11) is -3.61. The van der Waals surface area contributed by atoms with Crippen LogP contribution in [0.25, 0.3) is 0 Å². The van der Waals surface area contributed by atoms with Crippen LogP contribution in [0.15, 0.2) is 23.1 Å². The van der Waals surface area contributed by atoms with Crippen LogP contribution in [0.5, 0.6) is 0 Å². The Labute approximate surface area is 110 Å². The minimum Gasteiger partial charge on any atom is -0.326 e. The second-order valence-electron chi connectivity index (χ2n) is 3.94. The fourth-order valence-corrected chi connectivity index (χ4v) is 2.57. The van der Waals surface area contributed by atoms with E-state index in [1.54, 1.807) is 12.1 Å². The molecule has 0 unspecified atom stereocenters. The van der Waals surface area contributed by atoms with Crippen LogP contribution in [0.4, 0.5) is 0 Å². The molecule has 2 rings (SSSR count). The van der Waals surface area contributed by atoms with Crippen molar-refractivity contribution in [3.05, 3.63) is 35.2 Å². The third-order valence-electron chi connectivity index (χ3n) is 2.66. The minimum absolute atomic E-state index is 0.0231. The zero-order chi connectivity index (χ0) is 13.9. The highest BCUT2D eigenvalue weighted by Gasteiger charge is 2.15. The van der Waals surface area contributed by atoms with E-state index in [0.717, 1.165) is 11.1 Å². The normalized spacial score (nSPS) is 11.7. The predicted molar refractivity (Wildman–Crippen MR) is 67.3 cm³/mol. The predicted octanol–water partition coefficient (Wildman–Crippen LogP) is -0.555. The summed E-state index contributed by atoms with van der Waals surface area (Å²) in [6.45, 7) is 2.15. The summed E-state index contributed by atoms with van der Waals surface area (Å²) in [5.41, 5.74) is 7.32. The Balaban J connectivity index is 2.19. The van der Waals surface area contributed by atoms with Crippen molar-refractivity contribution in [3.8, 4) is 0 Å². The number of benzene rings is 1. The van der Waals surface area contributed by atoms with Gasteiger partial charge in [-0.1, -0.05) is 11.3 Å². The Bertz CT molecular complexity index is 653. The number of nitrogens with zero attached hydrogens (tertiary/aromatic N) is 3. The lowest BCUT2D eigenvalue weighted by molar-refractivity contribution is 0.579. The quantitative estimate of drug-likeness (QED) is 0.675. The average Bonchev–Trinajstić information content (AvgIpc) is 2.90. The molecule has 0 saturated heterocycles. The first-order chi connectivity index (χ1) is 9.03. The van der Waals surface area contributed by atoms with E-state index >= 15 is 0 Å². The molecule has 102 valence electrons. The lowest BCUT2D eigenvalue weighted by Crippen LogP contribution is -2.24. The van der Waals surface area contributed by atoms with E-state index in [9.17, 15) is 8.42 Å². The number of aromatic amines is 1. The van der Waals surface area contributed by atoms with Gasteiger partial charge in [0.1, 0.15) is 0 Å². The number of nitrogens with one attached hydrogen (secondary N) is 2. The summed E-state index contributed by atoms with van der Waals surface area (Å²) in [4.78, 5) is 0.169. The highest BCUT2D eigenvalue weighted by molar-refractivity contribution is 7.89. The summed E-state index contributed by atoms with van der Waals surface area (Å²) in [5, 5.41) is 12.9. The van der Waals surface area contributed by atoms with Gasteiger partial charge in [0.25, 0.3) is 0 Å². The second-order valence-corrected chi connectivity index (χ2v) is 5.71. The van der Waals surface area contributed by atoms with Crippen LogP contribution < -0.4 is 10.5 Å². The van der Waals surface area contributed by atoms with Crippen LogP contribution in [-0.2, 0) is 23.1 Å². The van der Waals surface area contributed by atoms with E-state index in [2.05, 4.69) is 25.3 Å². The largest absolute Gasteiger partial charge is 0.326 e. The smallest absolute Gasteiger partial charge is 0.240 e. The van der Waals surface area contributed by atoms with Crippen molar-refractivity contribution in [2.75, 3.05) is 0 Å². The summed E-state index contributed by atoms with van der Waals surface area (Å²) in [6, 6.07) is 4.83. The number of aryl methyl sites for hydroxylation is 1. The van der Waals surface area contributed by atoms with Crippen molar-refractivity contribution in [1.29, 1.82) is 0 Å². The summed E-state index contributed by atoms with van der Waals surface area (Å²) < 4.78 is 26.5. The van der Waals surface area contributed by atoms with Crippen molar-refractivity contribution in [1.82, 2.24) is 25.3 Å². The number of rotatable bonds is 5. The van der Waals surface area contributed by atoms with Crippen LogP contribution in [-0.4, -0.2) is 29.0 Å². The molecule has 1 heterocycles. The van der Waals surface area contributed by atoms with Crippen molar-refractivity contribution in [2.45, 2.75) is 24.9 Å². The second kappa shape index (κ2) is 5.43. The van der Waals surface area contributed by atoms with Gasteiger partial charge in [-0.2, -0.15) is 5.21 Å². The first kappa shape index (κ1) is 13.6. The highest BCUT2D eigenvalue weighted by atomic mass is 32.2. The third-order valence-corrected chi connectivity index (χ3v) is 4.06. The van der Waals surface area contributed by atoms with E-state index < -0.39 is 10.0 Å². The molecular weight excluding hydrogens is 268 g/mol. The van der Waals surface area contributed by atoms with Gasteiger partial charge in [-0.15, -0.1) is 10.2 Å². The molecule has 9 heteroatoms. The van der Waals surface area contributed by atoms with Gasteiger partial charge in [0.05, 0.1) is 11.4 Å². The van der Waals surface area contributed by atoms with Crippen molar-refractivity contribution < 1.29 is 8.42 Å². The molecule has 1 aromatic carbocycles. The third kappa shape index (κ3) is 3.13. The summed E-state index contributed by atoms with van der Waals surface area (Å²) >= 11 is 0. The van der Waals surface area contributed by atoms with Gasteiger partial charge in [0.15, 0.2) is 5.82 Å². The molecule has 0 fully saturated rings. The topological polar surface area (TPSA) is 127 Å². The van der Waals surface area contributed by atoms with E-state index in [0.29, 0.717) is 6.54 Å². The van der Waals surface area contributed by atoms with E-state index in [1.165, 1.54) is 6.07 Å². The SMILES string of the molecule is Cc1ccc(S(=O)(=O)NCc2nn[nH]n2)cc1CN. The maximum Gasteiger partial charge on any atom is 0.240 e. The number of aromatic nitrogens is 4. The molecule has 0 aliphatic carbocycles. The molecule has 0 saturated carbocycles. The number of sulfonamides is 1. The Hall–Kier alpha value is -1.84. The molecule has 2 aromatic rings. The molecule has 8 nitrogen and oxygen atoms in total. The zero-order valence-electron chi connectivity index (χ0n) is 10.3. The molecule has 0 aliphatic rings. The van der Waals surface area contributed by atoms with Crippen molar-refractivity contribution >= 4 is 10.0 Å². The average molecular weight is 282 g/mol. The van der Waals surface area contributed by atoms with Crippen LogP contribution in [0.3, 0.4) is 0 Å². The number of hydrogen-bond acceptors (Lipinski definition) is 6. The van der Waals surface area contributed by atoms with Gasteiger partial charge >= 0.3 is 0 Å². The van der Waals surface area contributed by atoms with Crippen LogP contribution >= 0.6 is 0 Å². The van der Waals surface area contributed by atoms with Gasteiger partial charge in [-0.25, -0.2) is 13.1 Å². The fourth-order valence-electron chi connectivity index (χ4n) is 1.54. The van der Waals surface area contributed by atoms with Gasteiger partial charge < -0.3 is 5.73 Å². The molecule has 0 atom stereocenters. The Morgan fingerprint density at radius 2 is 2.21 bits per heavy atom. The molecule has 0 aliphatic heterocycles. The Morgan fingerprint density at radius 3 is 2.84 bits per heavy atom. The number of nitrogens with two attached hydrogens (primary N) is 1. The molecule has 0 radical (unpaired) electrons. The van der Waals surface area contributed by atoms with Crippen molar-refractivity contribution in [2.24, 2.45) is 5.73 Å². The summed E-state index contributed by atoms with van der Waals surface area (Å²) in [5.74, 6) is 0.273. The fraction of sp³-hybridized carbons (Fsp3) is 0.300. The van der Waals surface area contributed by atoms with Crippen LogP contribution in [0, 0.1) is 6.92 Å². The Morgan fingerprint density at radius 1 is 1.42 bits per heavy atom. The number of hydrogen-bond donors (Lipinski definition) is 3. The number of tetrazole rings is 1. The van der Waals surface area contributed by atoms with Gasteiger partial charge in [0.2, 0.25) is 10.0 Å². The molecule has 19 heavy (non-hydrogen) atoms. The molecule has 4 N–H and O–H groups in total. The van der Waals surface area contributed by atoms with Gasteiger partial charge in [-0.05, 0) is 30.2 Å². The lowest BCUT2D eigenvalue weighted by Gasteiger charge is -2.08. The first-order valence-corrected chi connectivity index (χ1v) is 7.03. The molecule has 0 bridgehead atoms. The van der Waals surface area contributed by atoms with E-state index in [-0.39, 0.29) is 17.3 Å². The highest BCUT2D eigenvalue weighted by Crippen LogP contribution is 2.15. The molecule has 1 aromatic heterocycles. The van der Waals surface area contributed by atoms with Crippen LogP contribution in [0.2, 0.25) is 0 Å². The minimum atomic E-state index is -3.61. The van der Waals surface area contributed by atoms with Crippen molar-refractivity contribution in [3.63, 3.8) is 0 Å². The first-order valence-electron chi connectivity index (χ1n) is 5.54. The zero-order valence-corrected chi connectivity index (χ0v) is 11.1. The van der Waals surface area contributed by atoms with E-state index in [4.69, 9.17) is 5.73 Å². The molecule has 0 amide bonds. The van der Waals surface area contributed by atoms with Crippen LogP contribution in [0.1, 0.15) is 17.0 Å². The van der Waals surface area contributed by atoms with Gasteiger partial charge in [-0.3, -0.25) is 0 Å². The molecule has 0 spiro atoms. The maximum atomic E-state index is 12.1. The van der Waals surface area contributed by atoms with Gasteiger partial charge in [0, 0.05) is 6.54 Å². The lowest BCUT2D eigenvalue weighted by atomic mass is 10.1. The maximum absolute atomic E-state index is 12.1. The molecular formula is C10H14N6O2S. The summed E-state index contributed by atoms with van der Waals surface area (Å²) in [6.07, 6.45) is 0. The number of H-pyrrole nitrogens is 1.